The van der Waals surface area contributed by atoms with Gasteiger partial charge in [-0.25, -0.2) is 13.2 Å². The van der Waals surface area contributed by atoms with E-state index < -0.39 is 35.9 Å². The van der Waals surface area contributed by atoms with Gasteiger partial charge in [-0.3, -0.25) is 9.98 Å². The number of fused-ring (bicyclic) bond motifs is 1. The number of aliphatic imine (C=N–C) groups is 1. The van der Waals surface area contributed by atoms with Crippen LogP contribution in [0.5, 0.6) is 0 Å². The molecule has 0 unspecified atom stereocenters. The highest BCUT2D eigenvalue weighted by Gasteiger charge is 2.54. The SMILES string of the molecule is N#Cc1ccc(/C(F)=C/c2ccc(F)c([C@@]34CO[C@@H](CF)[C@@H]3CN=C(N)N4)c2)nc1. The van der Waals surface area contributed by atoms with Gasteiger partial charge in [0.15, 0.2) is 5.96 Å². The minimum atomic E-state index is -1.10. The van der Waals surface area contributed by atoms with Crippen molar-refractivity contribution < 1.29 is 17.9 Å². The molecule has 2 aromatic rings. The van der Waals surface area contributed by atoms with E-state index in [9.17, 15) is 13.2 Å². The molecular formula is C21H18F3N5O. The van der Waals surface area contributed by atoms with Crippen molar-refractivity contribution in [3.63, 3.8) is 0 Å². The fraction of sp³-hybridized carbons (Fsp3) is 0.286. The number of ether oxygens (including phenoxy) is 1. The fourth-order valence-corrected chi connectivity index (χ4v) is 3.94. The van der Waals surface area contributed by atoms with E-state index in [0.717, 1.165) is 0 Å². The molecular weight excluding hydrogens is 395 g/mol. The molecule has 1 aromatic heterocycles. The third-order valence-electron chi connectivity index (χ3n) is 5.47. The Balaban J connectivity index is 1.73. The lowest BCUT2D eigenvalue weighted by atomic mass is 9.76. The highest BCUT2D eigenvalue weighted by atomic mass is 19.1. The number of benzene rings is 1. The monoisotopic (exact) mass is 413 g/mol. The minimum absolute atomic E-state index is 0.00617. The summed E-state index contributed by atoms with van der Waals surface area (Å²) < 4.78 is 48.5. The predicted octanol–water partition coefficient (Wildman–Crippen LogP) is 2.66. The summed E-state index contributed by atoms with van der Waals surface area (Å²) >= 11 is 0. The van der Waals surface area contributed by atoms with E-state index in [4.69, 9.17) is 15.7 Å². The topological polar surface area (TPSA) is 96.3 Å². The second-order valence-corrected chi connectivity index (χ2v) is 7.21. The van der Waals surface area contributed by atoms with Gasteiger partial charge in [0.1, 0.15) is 24.4 Å². The summed E-state index contributed by atoms with van der Waals surface area (Å²) in [5.41, 5.74) is 5.68. The molecule has 0 aliphatic carbocycles. The Morgan fingerprint density at radius 2 is 2.23 bits per heavy atom. The third-order valence-corrected chi connectivity index (χ3v) is 5.47. The maximum absolute atomic E-state index is 14.9. The summed E-state index contributed by atoms with van der Waals surface area (Å²) in [5, 5.41) is 11.8. The van der Waals surface area contributed by atoms with Crippen LogP contribution in [0.4, 0.5) is 13.2 Å². The molecule has 0 radical (unpaired) electrons. The Labute approximate surface area is 170 Å². The maximum atomic E-state index is 14.9. The number of rotatable bonds is 4. The number of hydrogen-bond donors (Lipinski definition) is 2. The van der Waals surface area contributed by atoms with Crippen molar-refractivity contribution in [2.24, 2.45) is 16.6 Å². The summed E-state index contributed by atoms with van der Waals surface area (Å²) in [6.45, 7) is -0.535. The lowest BCUT2D eigenvalue weighted by molar-refractivity contribution is 0.0698. The minimum Gasteiger partial charge on any atom is -0.372 e. The van der Waals surface area contributed by atoms with Crippen LogP contribution < -0.4 is 11.1 Å². The van der Waals surface area contributed by atoms with Gasteiger partial charge < -0.3 is 15.8 Å². The van der Waals surface area contributed by atoms with Crippen LogP contribution in [-0.4, -0.2) is 36.9 Å². The van der Waals surface area contributed by atoms with Crippen molar-refractivity contribution in [2.45, 2.75) is 11.6 Å². The van der Waals surface area contributed by atoms with Crippen molar-refractivity contribution in [3.05, 3.63) is 64.7 Å². The van der Waals surface area contributed by atoms with Gasteiger partial charge >= 0.3 is 0 Å². The molecule has 30 heavy (non-hydrogen) atoms. The third kappa shape index (κ3) is 3.39. The Bertz CT molecular complexity index is 1060. The zero-order valence-corrected chi connectivity index (χ0v) is 15.8. The second-order valence-electron chi connectivity index (χ2n) is 7.21. The second kappa shape index (κ2) is 7.80. The zero-order valence-electron chi connectivity index (χ0n) is 15.8. The molecule has 3 atom stereocenters. The quantitative estimate of drug-likeness (QED) is 0.804. The van der Waals surface area contributed by atoms with E-state index in [1.807, 2.05) is 6.07 Å². The average molecular weight is 413 g/mol. The molecule has 3 N–H and O–H groups in total. The van der Waals surface area contributed by atoms with Gasteiger partial charge in [0.25, 0.3) is 0 Å². The first-order chi connectivity index (χ1) is 14.5. The average Bonchev–Trinajstić information content (AvgIpc) is 3.13. The highest BCUT2D eigenvalue weighted by Crippen LogP contribution is 2.42. The lowest BCUT2D eigenvalue weighted by Gasteiger charge is -2.39. The molecule has 0 spiro atoms. The van der Waals surface area contributed by atoms with Gasteiger partial charge in [-0.05, 0) is 35.9 Å². The van der Waals surface area contributed by atoms with Crippen LogP contribution >= 0.6 is 0 Å². The largest absolute Gasteiger partial charge is 0.372 e. The number of halogens is 3. The number of hydrogen-bond acceptors (Lipinski definition) is 6. The normalized spacial score (nSPS) is 25.8. The van der Waals surface area contributed by atoms with Gasteiger partial charge in [-0.1, -0.05) is 6.07 Å². The molecule has 9 heteroatoms. The summed E-state index contributed by atoms with van der Waals surface area (Å²) in [4.78, 5) is 8.02. The Morgan fingerprint density at radius 3 is 2.93 bits per heavy atom. The van der Waals surface area contributed by atoms with E-state index in [-0.39, 0.29) is 30.4 Å². The number of nitriles is 1. The van der Waals surface area contributed by atoms with Gasteiger partial charge in [-0.15, -0.1) is 0 Å². The molecule has 2 aliphatic rings. The van der Waals surface area contributed by atoms with E-state index >= 15 is 0 Å². The molecule has 0 saturated carbocycles. The number of nitrogens with two attached hydrogens (primary N) is 1. The molecule has 1 fully saturated rings. The Kier molecular flexibility index (Phi) is 5.18. The molecule has 3 heterocycles. The standard InChI is InChI=1S/C21H18F3N5O/c22-7-19-15-10-28-20(26)29-21(15,11-30-19)14-5-12(1-3-16(14)23)6-17(24)18-4-2-13(8-25)9-27-18/h1-6,9,15,19H,7,10-11H2,(H3,26,28,29)/b17-6-/t15-,19-,21-/m0/s1. The van der Waals surface area contributed by atoms with Gasteiger partial charge in [0.05, 0.1) is 36.1 Å². The molecule has 154 valence electrons. The van der Waals surface area contributed by atoms with Crippen LogP contribution in [-0.2, 0) is 10.3 Å². The Morgan fingerprint density at radius 1 is 1.40 bits per heavy atom. The molecule has 4 rings (SSSR count). The zero-order chi connectivity index (χ0) is 21.3. The first-order valence-corrected chi connectivity index (χ1v) is 9.26. The van der Waals surface area contributed by atoms with E-state index in [1.54, 1.807) is 0 Å². The van der Waals surface area contributed by atoms with Crippen molar-refractivity contribution in [3.8, 4) is 6.07 Å². The van der Waals surface area contributed by atoms with E-state index in [0.29, 0.717) is 11.1 Å². The van der Waals surface area contributed by atoms with E-state index in [2.05, 4.69) is 15.3 Å². The summed E-state index contributed by atoms with van der Waals surface area (Å²) in [5.74, 6) is -1.54. The van der Waals surface area contributed by atoms with Crippen LogP contribution in [0.15, 0.2) is 41.5 Å². The number of guanidine groups is 1. The molecule has 0 amide bonds. The lowest BCUT2D eigenvalue weighted by Crippen LogP contribution is -2.58. The number of nitrogens with zero attached hydrogens (tertiary/aromatic N) is 3. The smallest absolute Gasteiger partial charge is 0.189 e. The summed E-state index contributed by atoms with van der Waals surface area (Å²) in [6, 6.07) is 8.89. The molecule has 1 saturated heterocycles. The first-order valence-electron chi connectivity index (χ1n) is 9.26. The fourth-order valence-electron chi connectivity index (χ4n) is 3.94. The van der Waals surface area contributed by atoms with E-state index in [1.165, 1.54) is 42.6 Å². The number of nitrogens with one attached hydrogen (secondary N) is 1. The van der Waals surface area contributed by atoms with Crippen LogP contribution in [0.1, 0.15) is 22.4 Å². The van der Waals surface area contributed by atoms with Crippen molar-refractivity contribution in [1.29, 1.82) is 5.26 Å². The molecule has 2 aliphatic heterocycles. The highest BCUT2D eigenvalue weighted by molar-refractivity contribution is 5.80. The van der Waals surface area contributed by atoms with Gasteiger partial charge in [-0.2, -0.15) is 5.26 Å². The van der Waals surface area contributed by atoms with Crippen LogP contribution in [0.3, 0.4) is 0 Å². The van der Waals surface area contributed by atoms with Gasteiger partial charge in [0, 0.05) is 17.7 Å². The van der Waals surface area contributed by atoms with Crippen molar-refractivity contribution in [1.82, 2.24) is 10.3 Å². The number of aromatic nitrogens is 1. The predicted molar refractivity (Wildman–Crippen MR) is 105 cm³/mol. The van der Waals surface area contributed by atoms with Crippen LogP contribution in [0, 0.1) is 23.1 Å². The summed E-state index contributed by atoms with van der Waals surface area (Å²) in [7, 11) is 0. The molecule has 0 bridgehead atoms. The van der Waals surface area contributed by atoms with Crippen molar-refractivity contribution >= 4 is 17.9 Å². The Hall–Kier alpha value is -3.38. The number of pyridine rings is 1. The van der Waals surface area contributed by atoms with Crippen LogP contribution in [0.25, 0.3) is 11.9 Å². The summed E-state index contributed by atoms with van der Waals surface area (Å²) in [6.07, 6.45) is 1.74. The maximum Gasteiger partial charge on any atom is 0.189 e. The van der Waals surface area contributed by atoms with Gasteiger partial charge in [0.2, 0.25) is 0 Å². The molecule has 6 nitrogen and oxygen atoms in total. The molecule has 1 aromatic carbocycles. The first kappa shape index (κ1) is 19.9. The van der Waals surface area contributed by atoms with Crippen molar-refractivity contribution in [2.75, 3.05) is 19.8 Å². The number of alkyl halides is 1. The van der Waals surface area contributed by atoms with Crippen LogP contribution in [0.2, 0.25) is 0 Å².